The minimum absolute atomic E-state index is 0. The van der Waals surface area contributed by atoms with Crippen LogP contribution in [-0.4, -0.2) is 19.6 Å². The molecule has 0 saturated heterocycles. The predicted molar refractivity (Wildman–Crippen MR) is 179 cm³/mol. The Bertz CT molecular complexity index is 1280. The van der Waals surface area contributed by atoms with Gasteiger partial charge in [-0.05, 0) is 26.7 Å². The Morgan fingerprint density at radius 3 is 1.15 bits per heavy atom. The first kappa shape index (κ1) is 34.3. The van der Waals surface area contributed by atoms with Crippen molar-refractivity contribution in [2.75, 3.05) is 0 Å². The Labute approximate surface area is 267 Å². The second kappa shape index (κ2) is 17.8. The molecule has 2 aromatic heterocycles. The molecule has 40 heavy (non-hydrogen) atoms. The van der Waals surface area contributed by atoms with Crippen LogP contribution >= 0.6 is 56.6 Å². The Morgan fingerprint density at radius 2 is 0.825 bits per heavy atom. The molecule has 6 nitrogen and oxygen atoms in total. The third-order valence-corrected chi connectivity index (χ3v) is 8.70. The maximum absolute atomic E-state index is 8.23. The van der Waals surface area contributed by atoms with Crippen LogP contribution in [-0.2, 0) is 13.1 Å². The summed E-state index contributed by atoms with van der Waals surface area (Å²) in [6.45, 7) is 5.85. The van der Waals surface area contributed by atoms with E-state index in [-0.39, 0.29) is 34.0 Å². The number of benzene rings is 2. The third-order valence-electron chi connectivity index (χ3n) is 6.87. The SMILES string of the molecule is Br.Br.Cc1ccc(-c2nn(CCCCCCCCCCCCn3nc(-c4ccc(C)cc4)sc3=N)c(=N)s2)cc1. The van der Waals surface area contributed by atoms with Gasteiger partial charge in [0.2, 0.25) is 9.60 Å². The van der Waals surface area contributed by atoms with Gasteiger partial charge in [0.25, 0.3) is 0 Å². The highest BCUT2D eigenvalue weighted by Gasteiger charge is 2.07. The molecule has 0 aliphatic rings. The van der Waals surface area contributed by atoms with Gasteiger partial charge in [0, 0.05) is 24.2 Å². The molecule has 0 bridgehead atoms. The van der Waals surface area contributed by atoms with Crippen LogP contribution in [0.25, 0.3) is 21.1 Å². The van der Waals surface area contributed by atoms with Gasteiger partial charge in [0.15, 0.2) is 0 Å². The summed E-state index contributed by atoms with van der Waals surface area (Å²) in [4.78, 5) is 1.08. The second-order valence-electron chi connectivity index (χ2n) is 10.1. The Balaban J connectivity index is 0.00000280. The largest absolute Gasteiger partial charge is 0.274 e. The zero-order chi connectivity index (χ0) is 26.7. The third kappa shape index (κ3) is 10.5. The van der Waals surface area contributed by atoms with Gasteiger partial charge in [-0.1, -0.05) is 134 Å². The van der Waals surface area contributed by atoms with Crippen molar-refractivity contribution in [1.82, 2.24) is 19.6 Å². The summed E-state index contributed by atoms with van der Waals surface area (Å²) in [7, 11) is 0. The average Bonchev–Trinajstić information content (AvgIpc) is 3.47. The molecule has 0 atom stereocenters. The van der Waals surface area contributed by atoms with E-state index < -0.39 is 0 Å². The van der Waals surface area contributed by atoms with E-state index in [4.69, 9.17) is 10.8 Å². The van der Waals surface area contributed by atoms with Crippen molar-refractivity contribution in [2.24, 2.45) is 0 Å². The van der Waals surface area contributed by atoms with Gasteiger partial charge in [-0.3, -0.25) is 10.8 Å². The molecule has 218 valence electrons. The summed E-state index contributed by atoms with van der Waals surface area (Å²) in [5, 5.41) is 27.7. The fourth-order valence-corrected chi connectivity index (χ4v) is 6.13. The van der Waals surface area contributed by atoms with Crippen molar-refractivity contribution in [3.8, 4) is 21.1 Å². The standard InChI is InChI=1S/C30H40N6S2.2BrH/c1-23-13-17-25(18-14-23)27-33-35(29(31)37-27)21-11-9-7-5-3-4-6-8-10-12-22-36-30(32)38-28(34-36)26-19-15-24(2)16-20-26;;/h13-20,31-32H,3-12,21-22H2,1-2H3;2*1H. The van der Waals surface area contributed by atoms with Crippen molar-refractivity contribution >= 4 is 56.6 Å². The zero-order valence-corrected chi connectivity index (χ0v) is 28.6. The number of rotatable bonds is 15. The van der Waals surface area contributed by atoms with Gasteiger partial charge in [0.05, 0.1) is 0 Å². The van der Waals surface area contributed by atoms with Gasteiger partial charge < -0.3 is 0 Å². The molecule has 4 rings (SSSR count). The van der Waals surface area contributed by atoms with Crippen LogP contribution in [0.4, 0.5) is 0 Å². The van der Waals surface area contributed by atoms with E-state index in [1.807, 2.05) is 9.36 Å². The van der Waals surface area contributed by atoms with Gasteiger partial charge in [-0.15, -0.1) is 34.0 Å². The highest BCUT2D eigenvalue weighted by Crippen LogP contribution is 2.21. The molecule has 2 aromatic carbocycles. The normalized spacial score (nSPS) is 10.8. The first-order valence-electron chi connectivity index (χ1n) is 13.9. The van der Waals surface area contributed by atoms with E-state index >= 15 is 0 Å². The molecule has 0 amide bonds. The second-order valence-corrected chi connectivity index (χ2v) is 12.1. The topological polar surface area (TPSA) is 83.3 Å². The monoisotopic (exact) mass is 708 g/mol. The van der Waals surface area contributed by atoms with E-state index in [2.05, 4.69) is 72.6 Å². The fourth-order valence-electron chi connectivity index (χ4n) is 4.51. The number of aromatic nitrogens is 4. The van der Waals surface area contributed by atoms with E-state index in [1.165, 1.54) is 85.2 Å². The van der Waals surface area contributed by atoms with Crippen LogP contribution in [0.5, 0.6) is 0 Å². The number of hydrogen-bond acceptors (Lipinski definition) is 6. The lowest BCUT2D eigenvalue weighted by Gasteiger charge is -2.04. The van der Waals surface area contributed by atoms with E-state index in [0.717, 1.165) is 47.1 Å². The van der Waals surface area contributed by atoms with E-state index in [1.54, 1.807) is 0 Å². The van der Waals surface area contributed by atoms with Gasteiger partial charge in [-0.25, -0.2) is 9.36 Å². The number of unbranched alkanes of at least 4 members (excludes halogenated alkanes) is 9. The molecule has 0 radical (unpaired) electrons. The molecule has 10 heteroatoms. The van der Waals surface area contributed by atoms with E-state index in [9.17, 15) is 0 Å². The smallest absolute Gasteiger partial charge is 0.200 e. The van der Waals surface area contributed by atoms with Crippen molar-refractivity contribution in [3.05, 3.63) is 69.3 Å². The Kier molecular flexibility index (Phi) is 15.3. The number of halogens is 2. The van der Waals surface area contributed by atoms with Crippen LogP contribution in [0.3, 0.4) is 0 Å². The van der Waals surface area contributed by atoms with Crippen LogP contribution in [0, 0.1) is 24.7 Å². The van der Waals surface area contributed by atoms with Crippen molar-refractivity contribution in [3.63, 3.8) is 0 Å². The molecule has 0 aliphatic heterocycles. The minimum atomic E-state index is 0. The van der Waals surface area contributed by atoms with Gasteiger partial charge in [0.1, 0.15) is 10.0 Å². The lowest BCUT2D eigenvalue weighted by molar-refractivity contribution is 0.494. The van der Waals surface area contributed by atoms with Crippen LogP contribution < -0.4 is 9.60 Å². The maximum Gasteiger partial charge on any atom is 0.200 e. The first-order valence-corrected chi connectivity index (χ1v) is 15.5. The summed E-state index contributed by atoms with van der Waals surface area (Å²) in [6, 6.07) is 16.8. The average molecular weight is 711 g/mol. The molecule has 0 saturated carbocycles. The highest BCUT2D eigenvalue weighted by atomic mass is 79.9. The molecule has 2 N–H and O–H groups in total. The lowest BCUT2D eigenvalue weighted by atomic mass is 10.1. The van der Waals surface area contributed by atoms with Gasteiger partial charge in [-0.2, -0.15) is 10.2 Å². The summed E-state index contributed by atoms with van der Waals surface area (Å²) < 4.78 is 3.72. The Morgan fingerprint density at radius 1 is 0.525 bits per heavy atom. The minimum Gasteiger partial charge on any atom is -0.274 e. The van der Waals surface area contributed by atoms with Crippen molar-refractivity contribution in [2.45, 2.75) is 91.1 Å². The van der Waals surface area contributed by atoms with Crippen LogP contribution in [0.1, 0.15) is 75.3 Å². The quantitative estimate of drug-likeness (QED) is 0.121. The number of aryl methyl sites for hydroxylation is 4. The summed E-state index contributed by atoms with van der Waals surface area (Å²) in [6.07, 6.45) is 12.3. The van der Waals surface area contributed by atoms with Gasteiger partial charge >= 0.3 is 0 Å². The molecule has 0 aliphatic carbocycles. The predicted octanol–water partition coefficient (Wildman–Crippen LogP) is 8.87. The molecule has 0 unspecified atom stereocenters. The molecule has 0 fully saturated rings. The zero-order valence-electron chi connectivity index (χ0n) is 23.5. The highest BCUT2D eigenvalue weighted by molar-refractivity contribution is 8.93. The summed E-state index contributed by atoms with van der Waals surface area (Å²) in [5.41, 5.74) is 4.68. The first-order chi connectivity index (χ1) is 18.5. The van der Waals surface area contributed by atoms with E-state index in [0.29, 0.717) is 9.60 Å². The maximum atomic E-state index is 8.23. The fraction of sp³-hybridized carbons (Fsp3) is 0.467. The van der Waals surface area contributed by atoms with Crippen molar-refractivity contribution < 1.29 is 0 Å². The number of nitrogens with zero attached hydrogens (tertiary/aromatic N) is 4. The molecular weight excluding hydrogens is 668 g/mol. The molecular formula is C30H42Br2N6S2. The summed E-state index contributed by atoms with van der Waals surface area (Å²) >= 11 is 2.92. The van der Waals surface area contributed by atoms with Crippen LogP contribution in [0.2, 0.25) is 0 Å². The number of nitrogens with one attached hydrogen (secondary N) is 2. The summed E-state index contributed by atoms with van der Waals surface area (Å²) in [5.74, 6) is 0. The lowest BCUT2D eigenvalue weighted by Crippen LogP contribution is -2.14. The van der Waals surface area contributed by atoms with Crippen molar-refractivity contribution in [1.29, 1.82) is 10.8 Å². The van der Waals surface area contributed by atoms with Crippen LogP contribution in [0.15, 0.2) is 48.5 Å². The Hall–Kier alpha value is -1.88. The molecule has 4 aromatic rings. The number of hydrogen-bond donors (Lipinski definition) is 2. The molecule has 2 heterocycles. The molecule has 0 spiro atoms.